The molecule has 1 aromatic carbocycles. The van der Waals surface area contributed by atoms with E-state index in [2.05, 4.69) is 16.6 Å². The molecule has 1 saturated heterocycles. The summed E-state index contributed by atoms with van der Waals surface area (Å²) >= 11 is 0. The number of pyridine rings is 1. The second kappa shape index (κ2) is 15.8. The number of allylic oxidation sites excluding steroid dienone is 2. The molecule has 2 amide bonds. The summed E-state index contributed by atoms with van der Waals surface area (Å²) in [6.07, 6.45) is 8.23. The molecule has 0 radical (unpaired) electrons. The van der Waals surface area contributed by atoms with Crippen molar-refractivity contribution in [1.82, 2.24) is 14.6 Å². The fourth-order valence-electron chi connectivity index (χ4n) is 8.38. The number of hydrogen-bond donors (Lipinski definition) is 1. The zero-order chi connectivity index (χ0) is 39.9. The summed E-state index contributed by atoms with van der Waals surface area (Å²) in [5, 5.41) is 0.294. The minimum atomic E-state index is -3.88. The largest absolute Gasteiger partial charge is 0.494 e. The van der Waals surface area contributed by atoms with E-state index in [0.29, 0.717) is 55.0 Å². The highest BCUT2D eigenvalue weighted by atomic mass is 32.2. The van der Waals surface area contributed by atoms with E-state index in [-0.39, 0.29) is 55.3 Å². The van der Waals surface area contributed by atoms with Gasteiger partial charge in [0.1, 0.15) is 23.3 Å². The third-order valence-corrected chi connectivity index (χ3v) is 13.4. The molecule has 1 N–H and O–H groups in total. The monoisotopic (exact) mass is 783 g/mol. The van der Waals surface area contributed by atoms with E-state index >= 15 is 0 Å². The van der Waals surface area contributed by atoms with Crippen LogP contribution < -0.4 is 14.2 Å². The smallest absolute Gasteiger partial charge is 0.307 e. The fourth-order valence-corrected chi connectivity index (χ4v) is 9.77. The summed E-state index contributed by atoms with van der Waals surface area (Å²) in [4.78, 5) is 62.7. The van der Waals surface area contributed by atoms with Gasteiger partial charge in [0.15, 0.2) is 5.78 Å². The average Bonchev–Trinajstić information content (AvgIpc) is 4.04. The number of nitrogens with one attached hydrogen (secondary N) is 1. The Hall–Kier alpha value is -4.07. The van der Waals surface area contributed by atoms with Crippen molar-refractivity contribution < 1.29 is 46.2 Å². The number of sulfonamides is 1. The van der Waals surface area contributed by atoms with Gasteiger partial charge in [-0.3, -0.25) is 23.9 Å². The molecule has 0 unspecified atom stereocenters. The van der Waals surface area contributed by atoms with E-state index in [1.807, 2.05) is 19.1 Å². The molecule has 0 spiro atoms. The van der Waals surface area contributed by atoms with Gasteiger partial charge in [-0.1, -0.05) is 32.4 Å². The molecule has 12 nitrogen and oxygen atoms in total. The number of carbonyl (C=O) groups excluding carboxylic acids is 4. The molecule has 2 aromatic rings. The van der Waals surface area contributed by atoms with Gasteiger partial charge in [0, 0.05) is 18.2 Å². The lowest BCUT2D eigenvalue weighted by molar-refractivity contribution is -0.160. The average molecular weight is 784 g/mol. The molecular weight excluding hydrogens is 730 g/mol. The predicted molar refractivity (Wildman–Crippen MR) is 203 cm³/mol. The summed E-state index contributed by atoms with van der Waals surface area (Å²) in [5.41, 5.74) is -2.06. The highest BCUT2D eigenvalue weighted by Gasteiger charge is 2.61. The molecule has 2 saturated carbocycles. The van der Waals surface area contributed by atoms with Crippen molar-refractivity contribution in [3.05, 3.63) is 42.4 Å². The lowest BCUT2D eigenvalue weighted by atomic mass is 9.79. The van der Waals surface area contributed by atoms with Gasteiger partial charge in [-0.25, -0.2) is 17.8 Å². The second-order valence-corrected chi connectivity index (χ2v) is 19.0. The first-order chi connectivity index (χ1) is 25.9. The van der Waals surface area contributed by atoms with Crippen LogP contribution in [0.2, 0.25) is 0 Å². The van der Waals surface area contributed by atoms with E-state index < -0.39 is 67.8 Å². The highest BCUT2D eigenvalue weighted by molar-refractivity contribution is 7.90. The van der Waals surface area contributed by atoms with Crippen LogP contribution in [-0.4, -0.2) is 78.5 Å². The summed E-state index contributed by atoms with van der Waals surface area (Å²) in [6.45, 7) is 9.37. The van der Waals surface area contributed by atoms with Gasteiger partial charge < -0.3 is 19.1 Å². The summed E-state index contributed by atoms with van der Waals surface area (Å²) in [7, 11) is -2.40. The van der Waals surface area contributed by atoms with Crippen molar-refractivity contribution >= 4 is 44.4 Å². The van der Waals surface area contributed by atoms with Gasteiger partial charge in [-0.05, 0) is 95.2 Å². The van der Waals surface area contributed by atoms with E-state index in [1.54, 1.807) is 26.8 Å². The van der Waals surface area contributed by atoms with Gasteiger partial charge in [-0.15, -0.1) is 0 Å². The van der Waals surface area contributed by atoms with E-state index in [9.17, 15) is 32.0 Å². The first kappa shape index (κ1) is 40.6. The Morgan fingerprint density at radius 2 is 1.85 bits per heavy atom. The van der Waals surface area contributed by atoms with Crippen LogP contribution in [0, 0.1) is 34.9 Å². The molecule has 3 heterocycles. The number of ketones is 1. The van der Waals surface area contributed by atoms with Crippen molar-refractivity contribution in [1.29, 1.82) is 0 Å². The maximum atomic E-state index is 15.0. The minimum Gasteiger partial charge on any atom is -0.494 e. The number of nitrogens with zero attached hydrogens (tertiary/aromatic N) is 2. The molecule has 14 heteroatoms. The van der Waals surface area contributed by atoms with Crippen molar-refractivity contribution in [3.8, 4) is 11.6 Å². The predicted octanol–water partition coefficient (Wildman–Crippen LogP) is 6.06. The molecule has 3 fully saturated rings. The molecule has 1 aromatic heterocycles. The first-order valence-electron chi connectivity index (χ1n) is 19.5. The van der Waals surface area contributed by atoms with Crippen LogP contribution in [0.1, 0.15) is 98.8 Å². The molecule has 300 valence electrons. The summed E-state index contributed by atoms with van der Waals surface area (Å²) in [5.74, 6) is -3.17. The van der Waals surface area contributed by atoms with Crippen molar-refractivity contribution in [3.63, 3.8) is 0 Å². The van der Waals surface area contributed by atoms with Gasteiger partial charge >= 0.3 is 5.97 Å². The maximum absolute atomic E-state index is 15.0. The third kappa shape index (κ3) is 9.16. The summed E-state index contributed by atoms with van der Waals surface area (Å²) in [6, 6.07) is 3.10. The Kier molecular flexibility index (Phi) is 11.7. The fraction of sp³-hybridized carbons (Fsp3) is 0.634. The number of esters is 1. The van der Waals surface area contributed by atoms with Gasteiger partial charge in [0.2, 0.25) is 27.7 Å². The number of fused-ring (bicyclic) bond motifs is 3. The zero-order valence-corrected chi connectivity index (χ0v) is 33.5. The Bertz CT molecular complexity index is 1960. The molecule has 6 rings (SSSR count). The van der Waals surface area contributed by atoms with E-state index in [0.717, 1.165) is 6.42 Å². The molecule has 0 bridgehead atoms. The van der Waals surface area contributed by atoms with E-state index in [4.69, 9.17) is 14.2 Å². The Morgan fingerprint density at radius 3 is 2.53 bits per heavy atom. The van der Waals surface area contributed by atoms with Crippen molar-refractivity contribution in [2.45, 2.75) is 122 Å². The van der Waals surface area contributed by atoms with Crippen LogP contribution in [0.25, 0.3) is 10.8 Å². The number of rotatable bonds is 9. The number of aromatic nitrogens is 1. The van der Waals surface area contributed by atoms with Crippen LogP contribution in [0.15, 0.2) is 36.5 Å². The zero-order valence-electron chi connectivity index (χ0n) is 32.6. The molecule has 2 aliphatic carbocycles. The standard InChI is InChI=1S/C41H54FN3O9S/c1-7-25-16-24(2)10-8-9-11-26-20-41(26,39(49)44-55(50,51)29-13-14-29)21-34(46)33-18-28(23-45(33)38(48)31(25)19-36(47)54-40(3,4)5)53-37-32-17-27(42)12-15-30(32)35(52-6)22-43-37/h9,11-12,15,17,22,24-26,28-29,31,33H,7-8,10,13-14,16,18-21,23H2,1-6H3,(H,44,49)/b11-9-/t24-,25-,26-,28-,31+,33+,41-/m1/s1. The lowest BCUT2D eigenvalue weighted by Gasteiger charge is -2.33. The number of amides is 2. The molecule has 2 aliphatic heterocycles. The normalized spacial score (nSPS) is 29.7. The van der Waals surface area contributed by atoms with Crippen LogP contribution in [0.5, 0.6) is 11.6 Å². The number of hydrogen-bond acceptors (Lipinski definition) is 10. The Labute approximate surface area is 323 Å². The Morgan fingerprint density at radius 1 is 1.11 bits per heavy atom. The highest BCUT2D eigenvalue weighted by Crippen LogP contribution is 2.57. The lowest BCUT2D eigenvalue weighted by Crippen LogP contribution is -2.48. The molecular formula is C41H54FN3O9S. The topological polar surface area (TPSA) is 158 Å². The van der Waals surface area contributed by atoms with Gasteiger partial charge in [0.05, 0.1) is 54.3 Å². The number of Topliss-reactive ketones (excluding diaryl/α,β-unsaturated/α-hetero) is 1. The number of halogens is 1. The number of ether oxygens (including phenoxy) is 3. The van der Waals surface area contributed by atoms with Crippen LogP contribution in [0.3, 0.4) is 0 Å². The van der Waals surface area contributed by atoms with Crippen LogP contribution >= 0.6 is 0 Å². The van der Waals surface area contributed by atoms with Crippen LogP contribution in [-0.2, 0) is 33.9 Å². The van der Waals surface area contributed by atoms with Gasteiger partial charge in [0.25, 0.3) is 0 Å². The second-order valence-electron chi connectivity index (χ2n) is 17.0. The molecule has 7 atom stereocenters. The Balaban J connectivity index is 1.37. The minimum absolute atomic E-state index is 0.0326. The SMILES string of the molecule is CC[C@@H]1C[C@H](C)CC/C=C\[C@@H]2C[C@@]2(C(=O)NS(=O)(=O)C2CC2)CC(=O)[C@@H]2C[C@@H](Oc3ncc(OC)c4ccc(F)cc34)CN2C(=O)[C@H]1CC(=O)OC(C)(C)C. The first-order valence-corrected chi connectivity index (χ1v) is 21.1. The van der Waals surface area contributed by atoms with Gasteiger partial charge in [-0.2, -0.15) is 0 Å². The van der Waals surface area contributed by atoms with Crippen molar-refractivity contribution in [2.24, 2.45) is 29.1 Å². The quantitative estimate of drug-likeness (QED) is 0.234. The summed E-state index contributed by atoms with van der Waals surface area (Å²) < 4.78 is 60.2. The third-order valence-electron chi connectivity index (χ3n) is 11.6. The van der Waals surface area contributed by atoms with Crippen molar-refractivity contribution in [2.75, 3.05) is 13.7 Å². The molecule has 4 aliphatic rings. The number of carbonyl (C=O) groups is 4. The number of benzene rings is 1. The molecule has 55 heavy (non-hydrogen) atoms. The van der Waals surface area contributed by atoms with E-state index in [1.165, 1.54) is 30.3 Å². The maximum Gasteiger partial charge on any atom is 0.307 e. The number of methoxy groups -OCH3 is 1. The van der Waals surface area contributed by atoms with Crippen LogP contribution in [0.4, 0.5) is 4.39 Å².